The molecule has 4 rings (SSSR count). The number of azo groups is 1. The fourth-order valence-corrected chi connectivity index (χ4v) is 2.88. The predicted octanol–water partition coefficient (Wildman–Crippen LogP) is 2.55. The third-order valence-corrected chi connectivity index (χ3v) is 4.41. The Morgan fingerprint density at radius 2 is 1.75 bits per heavy atom. The zero-order valence-electron chi connectivity index (χ0n) is 14.7. The van der Waals surface area contributed by atoms with Crippen LogP contribution in [0.1, 0.15) is 10.4 Å². The second-order valence-corrected chi connectivity index (χ2v) is 6.17. The van der Waals surface area contributed by atoms with Crippen molar-refractivity contribution in [2.45, 2.75) is 6.10 Å². The highest BCUT2D eigenvalue weighted by atomic mass is 16.6. The molecule has 0 saturated carbocycles. The molecule has 2 heterocycles. The quantitative estimate of drug-likeness (QED) is 0.658. The van der Waals surface area contributed by atoms with E-state index >= 15 is 0 Å². The summed E-state index contributed by atoms with van der Waals surface area (Å²) in [5, 5.41) is 27.5. The third kappa shape index (κ3) is 2.92. The van der Waals surface area contributed by atoms with Gasteiger partial charge in [0, 0.05) is 23.4 Å². The number of para-hydroxylation sites is 2. The monoisotopic (exact) mass is 381 g/mol. The highest BCUT2D eigenvalue weighted by molar-refractivity contribution is 6.02. The molecule has 1 atom stereocenters. The Balaban J connectivity index is 1.50. The van der Waals surface area contributed by atoms with Crippen molar-refractivity contribution in [1.82, 2.24) is 4.57 Å². The van der Waals surface area contributed by atoms with Crippen LogP contribution in [0, 0.1) is 0 Å². The number of nitrogens with zero attached hydrogens (tertiary/aromatic N) is 3. The van der Waals surface area contributed by atoms with Crippen molar-refractivity contribution >= 4 is 22.6 Å². The van der Waals surface area contributed by atoms with Gasteiger partial charge in [-0.1, -0.05) is 12.1 Å². The van der Waals surface area contributed by atoms with Crippen LogP contribution in [0.4, 0.5) is 0 Å². The number of rotatable bonds is 2. The fraction of sp³-hybridized carbons (Fsp3) is 0.158. The minimum absolute atomic E-state index is 0.0355. The number of benzene rings is 2. The Hall–Kier alpha value is -3.88. The van der Waals surface area contributed by atoms with Crippen molar-refractivity contribution in [3.63, 3.8) is 0 Å². The zero-order chi connectivity index (χ0) is 19.8. The first-order valence-electron chi connectivity index (χ1n) is 8.34. The Labute approximate surface area is 158 Å². The summed E-state index contributed by atoms with van der Waals surface area (Å²) in [6, 6.07) is 11.2. The summed E-state index contributed by atoms with van der Waals surface area (Å²) in [6.45, 7) is -0.0355. The SMILES string of the molecule is Cn1c(O)c2ccc(C(=O)N=NC(=O)C3COc4ccccc4O3)cc2c1O. The van der Waals surface area contributed by atoms with Gasteiger partial charge in [-0.25, -0.2) is 0 Å². The Morgan fingerprint density at radius 1 is 1.04 bits per heavy atom. The van der Waals surface area contributed by atoms with Crippen molar-refractivity contribution in [3.05, 3.63) is 48.0 Å². The van der Waals surface area contributed by atoms with E-state index in [2.05, 4.69) is 10.2 Å². The van der Waals surface area contributed by atoms with Crippen molar-refractivity contribution in [2.75, 3.05) is 6.61 Å². The van der Waals surface area contributed by atoms with Crippen LogP contribution in [0.25, 0.3) is 10.8 Å². The number of hydrogen-bond donors (Lipinski definition) is 2. The molecule has 1 aromatic heterocycles. The zero-order valence-corrected chi connectivity index (χ0v) is 14.7. The van der Waals surface area contributed by atoms with E-state index in [-0.39, 0.29) is 29.3 Å². The standard InChI is InChI=1S/C19H15N3O6/c1-22-18(25)11-7-6-10(8-12(11)19(22)26)16(23)20-21-17(24)15-9-27-13-4-2-3-5-14(13)28-15/h2-8,15,25-26H,9H2,1H3. The van der Waals surface area contributed by atoms with Gasteiger partial charge in [-0.2, -0.15) is 0 Å². The molecular weight excluding hydrogens is 366 g/mol. The van der Waals surface area contributed by atoms with E-state index in [9.17, 15) is 19.8 Å². The summed E-state index contributed by atoms with van der Waals surface area (Å²) in [5.74, 6) is -0.893. The van der Waals surface area contributed by atoms with Crippen molar-refractivity contribution in [3.8, 4) is 23.3 Å². The Kier molecular flexibility index (Phi) is 4.19. The van der Waals surface area contributed by atoms with Gasteiger partial charge in [0.25, 0.3) is 5.91 Å². The van der Waals surface area contributed by atoms with Gasteiger partial charge in [0.1, 0.15) is 6.61 Å². The summed E-state index contributed by atoms with van der Waals surface area (Å²) >= 11 is 0. The molecule has 3 aromatic rings. The molecule has 1 aliphatic rings. The molecule has 0 fully saturated rings. The minimum Gasteiger partial charge on any atom is -0.494 e. The van der Waals surface area contributed by atoms with Crippen LogP contribution in [0.2, 0.25) is 0 Å². The van der Waals surface area contributed by atoms with Crippen molar-refractivity contribution < 1.29 is 29.3 Å². The van der Waals surface area contributed by atoms with Gasteiger partial charge in [0.15, 0.2) is 11.5 Å². The van der Waals surface area contributed by atoms with E-state index in [4.69, 9.17) is 9.47 Å². The molecule has 28 heavy (non-hydrogen) atoms. The molecule has 1 aliphatic heterocycles. The average molecular weight is 381 g/mol. The maximum absolute atomic E-state index is 12.2. The molecule has 2 amide bonds. The highest BCUT2D eigenvalue weighted by Crippen LogP contribution is 2.35. The Morgan fingerprint density at radius 3 is 2.54 bits per heavy atom. The summed E-state index contributed by atoms with van der Waals surface area (Å²) in [7, 11) is 1.48. The summed E-state index contributed by atoms with van der Waals surface area (Å²) in [4.78, 5) is 24.4. The van der Waals surface area contributed by atoms with Gasteiger partial charge in [0.2, 0.25) is 17.9 Å². The maximum Gasteiger partial charge on any atom is 0.308 e. The summed E-state index contributed by atoms with van der Waals surface area (Å²) < 4.78 is 12.1. The Bertz CT molecular complexity index is 1130. The number of hydrogen-bond acceptors (Lipinski definition) is 6. The number of aromatic nitrogens is 1. The average Bonchev–Trinajstić information content (AvgIpc) is 2.95. The highest BCUT2D eigenvalue weighted by Gasteiger charge is 2.27. The molecule has 2 N–H and O–H groups in total. The predicted molar refractivity (Wildman–Crippen MR) is 96.8 cm³/mol. The van der Waals surface area contributed by atoms with Gasteiger partial charge in [-0.3, -0.25) is 14.2 Å². The smallest absolute Gasteiger partial charge is 0.308 e. The summed E-state index contributed by atoms with van der Waals surface area (Å²) in [6.07, 6.45) is -0.996. The number of fused-ring (bicyclic) bond motifs is 2. The van der Waals surface area contributed by atoms with E-state index in [1.807, 2.05) is 0 Å². The van der Waals surface area contributed by atoms with Gasteiger partial charge in [-0.15, -0.1) is 10.2 Å². The molecule has 1 unspecified atom stereocenters. The number of amides is 2. The number of ether oxygens (including phenoxy) is 2. The van der Waals surface area contributed by atoms with Gasteiger partial charge < -0.3 is 19.7 Å². The molecule has 2 aromatic carbocycles. The van der Waals surface area contributed by atoms with E-state index < -0.39 is 17.9 Å². The van der Waals surface area contributed by atoms with Crippen LogP contribution >= 0.6 is 0 Å². The molecule has 0 spiro atoms. The van der Waals surface area contributed by atoms with Crippen LogP contribution in [0.15, 0.2) is 52.7 Å². The molecule has 0 radical (unpaired) electrons. The molecular formula is C19H15N3O6. The second kappa shape index (κ2) is 6.69. The van der Waals surface area contributed by atoms with Crippen LogP contribution in [0.3, 0.4) is 0 Å². The third-order valence-electron chi connectivity index (χ3n) is 4.41. The van der Waals surface area contributed by atoms with E-state index in [0.717, 1.165) is 0 Å². The summed E-state index contributed by atoms with van der Waals surface area (Å²) in [5.41, 5.74) is 0.108. The van der Waals surface area contributed by atoms with Gasteiger partial charge in [-0.05, 0) is 30.3 Å². The first-order chi connectivity index (χ1) is 13.5. The first kappa shape index (κ1) is 17.5. The number of aromatic hydroxyl groups is 2. The van der Waals surface area contributed by atoms with E-state index in [1.165, 1.54) is 29.8 Å². The van der Waals surface area contributed by atoms with Crippen LogP contribution < -0.4 is 9.47 Å². The van der Waals surface area contributed by atoms with Gasteiger partial charge >= 0.3 is 5.91 Å². The van der Waals surface area contributed by atoms with Crippen LogP contribution in [0.5, 0.6) is 23.3 Å². The lowest BCUT2D eigenvalue weighted by molar-refractivity contribution is -0.127. The van der Waals surface area contributed by atoms with Crippen LogP contribution in [-0.4, -0.2) is 39.3 Å². The minimum atomic E-state index is -0.996. The lowest BCUT2D eigenvalue weighted by atomic mass is 10.1. The molecule has 9 nitrogen and oxygen atoms in total. The molecule has 9 heteroatoms. The maximum atomic E-state index is 12.2. The fourth-order valence-electron chi connectivity index (χ4n) is 2.88. The van der Waals surface area contributed by atoms with Gasteiger partial charge in [0.05, 0.1) is 0 Å². The largest absolute Gasteiger partial charge is 0.494 e. The topological polar surface area (TPSA) is 123 Å². The number of carbonyl (C=O) groups is 2. The second-order valence-electron chi connectivity index (χ2n) is 6.17. The van der Waals surface area contributed by atoms with E-state index in [1.54, 1.807) is 24.3 Å². The number of carbonyl (C=O) groups excluding carboxylic acids is 2. The lowest BCUT2D eigenvalue weighted by Crippen LogP contribution is -2.35. The normalized spacial score (nSPS) is 15.8. The first-order valence-corrected chi connectivity index (χ1v) is 8.34. The lowest BCUT2D eigenvalue weighted by Gasteiger charge is -2.23. The molecule has 0 aliphatic carbocycles. The molecule has 142 valence electrons. The molecule has 0 saturated heterocycles. The van der Waals surface area contributed by atoms with Crippen LogP contribution in [-0.2, 0) is 11.8 Å². The van der Waals surface area contributed by atoms with Crippen molar-refractivity contribution in [1.29, 1.82) is 0 Å². The molecule has 0 bridgehead atoms. The van der Waals surface area contributed by atoms with Crippen molar-refractivity contribution in [2.24, 2.45) is 17.3 Å². The van der Waals surface area contributed by atoms with E-state index in [0.29, 0.717) is 16.9 Å².